The fourth-order valence-corrected chi connectivity index (χ4v) is 3.00. The Kier molecular flexibility index (Phi) is 4.84. The van der Waals surface area contributed by atoms with E-state index >= 15 is 0 Å². The number of nitrogens with zero attached hydrogens (tertiary/aromatic N) is 3. The van der Waals surface area contributed by atoms with Crippen LogP contribution in [0.5, 0.6) is 0 Å². The zero-order chi connectivity index (χ0) is 17.2. The third kappa shape index (κ3) is 3.92. The van der Waals surface area contributed by atoms with Crippen molar-refractivity contribution in [3.8, 4) is 0 Å². The molecular formula is C16H20F3N3O2. The molecule has 132 valence electrons. The van der Waals surface area contributed by atoms with Crippen LogP contribution in [0.4, 0.5) is 23.7 Å². The smallest absolute Gasteiger partial charge is 0.416 e. The lowest BCUT2D eigenvalue weighted by atomic mass is 10.1. The van der Waals surface area contributed by atoms with Gasteiger partial charge in [0.15, 0.2) is 0 Å². The summed E-state index contributed by atoms with van der Waals surface area (Å²) in [6.45, 7) is 5.33. The summed E-state index contributed by atoms with van der Waals surface area (Å²) in [5.74, 6) is 0. The second-order valence-corrected chi connectivity index (χ2v) is 5.98. The molecule has 2 aliphatic rings. The fraction of sp³-hybridized carbons (Fsp3) is 0.562. The SMILES string of the molecule is O=C1OCCN1CCN1CCN(c2cccc(C(F)(F)F)c2)CC1. The van der Waals surface area contributed by atoms with Crippen molar-refractivity contribution in [1.82, 2.24) is 9.80 Å². The minimum Gasteiger partial charge on any atom is -0.448 e. The highest BCUT2D eigenvalue weighted by atomic mass is 19.4. The van der Waals surface area contributed by atoms with Gasteiger partial charge in [-0.3, -0.25) is 4.90 Å². The van der Waals surface area contributed by atoms with E-state index in [1.807, 2.05) is 4.90 Å². The second-order valence-electron chi connectivity index (χ2n) is 5.98. The summed E-state index contributed by atoms with van der Waals surface area (Å²) in [5.41, 5.74) is -0.0115. The third-order valence-electron chi connectivity index (χ3n) is 4.44. The van der Waals surface area contributed by atoms with Crippen LogP contribution >= 0.6 is 0 Å². The zero-order valence-electron chi connectivity index (χ0n) is 13.3. The number of hydrogen-bond acceptors (Lipinski definition) is 4. The average Bonchev–Trinajstić information content (AvgIpc) is 2.98. The molecular weight excluding hydrogens is 323 g/mol. The van der Waals surface area contributed by atoms with Crippen molar-refractivity contribution in [1.29, 1.82) is 0 Å². The van der Waals surface area contributed by atoms with Gasteiger partial charge >= 0.3 is 12.3 Å². The van der Waals surface area contributed by atoms with E-state index in [2.05, 4.69) is 4.90 Å². The first kappa shape index (κ1) is 16.9. The Morgan fingerprint density at radius 3 is 2.42 bits per heavy atom. The number of cyclic esters (lactones) is 1. The highest BCUT2D eigenvalue weighted by Crippen LogP contribution is 2.31. The number of piperazine rings is 1. The Balaban J connectivity index is 1.51. The molecule has 1 aromatic carbocycles. The van der Waals surface area contributed by atoms with Gasteiger partial charge in [0.1, 0.15) is 6.61 Å². The summed E-state index contributed by atoms with van der Waals surface area (Å²) in [5, 5.41) is 0. The van der Waals surface area contributed by atoms with Crippen LogP contribution in [-0.2, 0) is 10.9 Å². The van der Waals surface area contributed by atoms with Crippen LogP contribution in [-0.4, -0.2) is 68.3 Å². The summed E-state index contributed by atoms with van der Waals surface area (Å²) >= 11 is 0. The quantitative estimate of drug-likeness (QED) is 0.840. The lowest BCUT2D eigenvalue weighted by Crippen LogP contribution is -2.48. The number of amides is 1. The maximum absolute atomic E-state index is 12.8. The van der Waals surface area contributed by atoms with E-state index in [1.165, 1.54) is 12.1 Å². The second kappa shape index (κ2) is 6.88. The van der Waals surface area contributed by atoms with Crippen molar-refractivity contribution in [3.63, 3.8) is 0 Å². The van der Waals surface area contributed by atoms with E-state index in [0.717, 1.165) is 25.7 Å². The van der Waals surface area contributed by atoms with Crippen molar-refractivity contribution >= 4 is 11.8 Å². The molecule has 8 heteroatoms. The van der Waals surface area contributed by atoms with Crippen LogP contribution in [0.25, 0.3) is 0 Å². The monoisotopic (exact) mass is 343 g/mol. The zero-order valence-corrected chi connectivity index (χ0v) is 13.3. The molecule has 0 saturated carbocycles. The lowest BCUT2D eigenvalue weighted by molar-refractivity contribution is -0.137. The first-order valence-electron chi connectivity index (χ1n) is 8.00. The molecule has 2 heterocycles. The van der Waals surface area contributed by atoms with E-state index in [-0.39, 0.29) is 6.09 Å². The van der Waals surface area contributed by atoms with E-state index < -0.39 is 11.7 Å². The van der Waals surface area contributed by atoms with Crippen molar-refractivity contribution in [2.24, 2.45) is 0 Å². The van der Waals surface area contributed by atoms with Crippen LogP contribution in [0.15, 0.2) is 24.3 Å². The van der Waals surface area contributed by atoms with Crippen molar-refractivity contribution < 1.29 is 22.7 Å². The predicted octanol–water partition coefficient (Wildman–Crippen LogP) is 2.28. The summed E-state index contributed by atoms with van der Waals surface area (Å²) in [6.07, 6.45) is -4.58. The molecule has 0 N–H and O–H groups in total. The highest BCUT2D eigenvalue weighted by molar-refractivity contribution is 5.69. The molecule has 0 unspecified atom stereocenters. The molecule has 24 heavy (non-hydrogen) atoms. The maximum Gasteiger partial charge on any atom is 0.416 e. The number of rotatable bonds is 4. The molecule has 0 atom stereocenters. The first-order chi connectivity index (χ1) is 11.4. The fourth-order valence-electron chi connectivity index (χ4n) is 3.00. The van der Waals surface area contributed by atoms with Gasteiger partial charge in [0.2, 0.25) is 0 Å². The van der Waals surface area contributed by atoms with Gasteiger partial charge in [0.05, 0.1) is 12.1 Å². The third-order valence-corrected chi connectivity index (χ3v) is 4.44. The molecule has 1 aromatic rings. The largest absolute Gasteiger partial charge is 0.448 e. The molecule has 0 aliphatic carbocycles. The maximum atomic E-state index is 12.8. The van der Waals surface area contributed by atoms with Gasteiger partial charge in [0.25, 0.3) is 0 Å². The Morgan fingerprint density at radius 1 is 1.04 bits per heavy atom. The molecule has 3 rings (SSSR count). The van der Waals surface area contributed by atoms with Crippen molar-refractivity contribution in [2.45, 2.75) is 6.18 Å². The average molecular weight is 343 g/mol. The molecule has 5 nitrogen and oxygen atoms in total. The van der Waals surface area contributed by atoms with Crippen LogP contribution in [0, 0.1) is 0 Å². The summed E-state index contributed by atoms with van der Waals surface area (Å²) in [7, 11) is 0. The number of carbonyl (C=O) groups is 1. The Bertz CT molecular complexity index is 586. The standard InChI is InChI=1S/C16H20F3N3O2/c17-16(18,19)13-2-1-3-14(12-13)21-7-4-20(5-8-21)6-9-22-10-11-24-15(22)23/h1-3,12H,4-11H2. The first-order valence-corrected chi connectivity index (χ1v) is 8.00. The van der Waals surface area contributed by atoms with E-state index in [1.54, 1.807) is 11.0 Å². The number of anilines is 1. The number of hydrogen-bond donors (Lipinski definition) is 0. The predicted molar refractivity (Wildman–Crippen MR) is 83.0 cm³/mol. The summed E-state index contributed by atoms with van der Waals surface area (Å²) < 4.78 is 43.3. The van der Waals surface area contributed by atoms with Gasteiger partial charge in [-0.2, -0.15) is 13.2 Å². The number of halogens is 3. The topological polar surface area (TPSA) is 36.0 Å². The number of carbonyl (C=O) groups excluding carboxylic acids is 1. The van der Waals surface area contributed by atoms with Crippen molar-refractivity contribution in [2.75, 3.05) is 57.3 Å². The Labute approximate surface area is 138 Å². The molecule has 2 fully saturated rings. The Hall–Kier alpha value is -1.96. The van der Waals surface area contributed by atoms with Gasteiger partial charge in [-0.05, 0) is 18.2 Å². The molecule has 2 aliphatic heterocycles. The van der Waals surface area contributed by atoms with Gasteiger partial charge in [-0.15, -0.1) is 0 Å². The van der Waals surface area contributed by atoms with E-state index in [4.69, 9.17) is 4.74 Å². The van der Waals surface area contributed by atoms with Gasteiger partial charge in [-0.25, -0.2) is 4.79 Å². The van der Waals surface area contributed by atoms with Crippen LogP contribution in [0.3, 0.4) is 0 Å². The number of benzene rings is 1. The highest BCUT2D eigenvalue weighted by Gasteiger charge is 2.31. The van der Waals surface area contributed by atoms with Gasteiger partial charge in [-0.1, -0.05) is 6.07 Å². The van der Waals surface area contributed by atoms with Gasteiger partial charge < -0.3 is 14.5 Å². The lowest BCUT2D eigenvalue weighted by Gasteiger charge is -2.36. The molecule has 2 saturated heterocycles. The molecule has 0 aromatic heterocycles. The normalized spacial score (nSPS) is 19.7. The Morgan fingerprint density at radius 2 is 1.79 bits per heavy atom. The van der Waals surface area contributed by atoms with Crippen LogP contribution < -0.4 is 4.90 Å². The van der Waals surface area contributed by atoms with Crippen molar-refractivity contribution in [3.05, 3.63) is 29.8 Å². The van der Waals surface area contributed by atoms with Gasteiger partial charge in [0, 0.05) is 45.0 Å². The van der Waals surface area contributed by atoms with E-state index in [9.17, 15) is 18.0 Å². The molecule has 0 radical (unpaired) electrons. The minimum absolute atomic E-state index is 0.266. The molecule has 0 spiro atoms. The summed E-state index contributed by atoms with van der Waals surface area (Å²) in [6, 6.07) is 5.46. The molecule has 0 bridgehead atoms. The molecule has 1 amide bonds. The van der Waals surface area contributed by atoms with Crippen LogP contribution in [0.2, 0.25) is 0 Å². The minimum atomic E-state index is -4.32. The summed E-state index contributed by atoms with van der Waals surface area (Å²) in [4.78, 5) is 17.2. The number of alkyl halides is 3. The van der Waals surface area contributed by atoms with Crippen LogP contribution in [0.1, 0.15) is 5.56 Å². The number of ether oxygens (including phenoxy) is 1. The van der Waals surface area contributed by atoms with E-state index in [0.29, 0.717) is 38.5 Å².